The van der Waals surface area contributed by atoms with Crippen LogP contribution in [0.5, 0.6) is 0 Å². The Morgan fingerprint density at radius 1 is 1.08 bits per heavy atom. The molecule has 0 aliphatic heterocycles. The van der Waals surface area contributed by atoms with Crippen molar-refractivity contribution in [2.45, 2.75) is 51.2 Å². The third kappa shape index (κ3) is 8.16. The van der Waals surface area contributed by atoms with Crippen LogP contribution in [0.4, 0.5) is 0 Å². The maximum Gasteiger partial charge on any atom is 0.326 e. The average Bonchev–Trinajstić information content (AvgIpc) is 2.48. The molecule has 0 bridgehead atoms. The minimum Gasteiger partial charge on any atom is -0.480 e. The molecule has 6 N–H and O–H groups in total. The van der Waals surface area contributed by atoms with Crippen molar-refractivity contribution < 1.29 is 29.4 Å². The molecule has 10 heteroatoms. The number of rotatable bonds is 11. The summed E-state index contributed by atoms with van der Waals surface area (Å²) in [5.41, 5.74) is 5.33. The van der Waals surface area contributed by atoms with Crippen LogP contribution in [0.1, 0.15) is 33.1 Å². The molecule has 0 aliphatic carbocycles. The zero-order chi connectivity index (χ0) is 18.9. The Kier molecular flexibility index (Phi) is 10.0. The van der Waals surface area contributed by atoms with E-state index >= 15 is 0 Å². The molecule has 2 amide bonds. The number of carboxylic acid groups (broad SMARTS) is 2. The number of amides is 2. The third-order valence-electron chi connectivity index (χ3n) is 3.30. The molecule has 1 unspecified atom stereocenters. The number of nitrogens with two attached hydrogens (primary N) is 1. The molecule has 0 aromatic heterocycles. The Morgan fingerprint density at radius 3 is 2.08 bits per heavy atom. The number of thiol groups is 1. The van der Waals surface area contributed by atoms with E-state index in [2.05, 4.69) is 23.3 Å². The van der Waals surface area contributed by atoms with Gasteiger partial charge in [0.25, 0.3) is 0 Å². The predicted octanol–water partition coefficient (Wildman–Crippen LogP) is -0.791. The van der Waals surface area contributed by atoms with Gasteiger partial charge in [-0.2, -0.15) is 12.6 Å². The maximum absolute atomic E-state index is 12.1. The van der Waals surface area contributed by atoms with Gasteiger partial charge in [0.15, 0.2) is 0 Å². The molecule has 9 nitrogen and oxygen atoms in total. The standard InChI is InChI=1S/C14H25N3O6S/c1-7(2)11(14(22)23)17-12(19)9(6-24)16-10(18)5-3-4-8(15)13(20)21/h7-9,11,24H,3-6,15H2,1-2H3,(H,16,18)(H,17,19)(H,20,21)(H,22,23)/t8-,9?,11+/m0/s1. The number of carbonyl (C=O) groups is 4. The summed E-state index contributed by atoms with van der Waals surface area (Å²) in [5, 5.41) is 22.5. The Balaban J connectivity index is 4.47. The lowest BCUT2D eigenvalue weighted by Crippen LogP contribution is -2.53. The summed E-state index contributed by atoms with van der Waals surface area (Å²) in [6.45, 7) is 3.30. The fourth-order valence-corrected chi connectivity index (χ4v) is 2.09. The first-order chi connectivity index (χ1) is 11.1. The summed E-state index contributed by atoms with van der Waals surface area (Å²) in [6.07, 6.45) is 0.393. The maximum atomic E-state index is 12.1. The van der Waals surface area contributed by atoms with Gasteiger partial charge in [-0.1, -0.05) is 13.8 Å². The highest BCUT2D eigenvalue weighted by Gasteiger charge is 2.27. The molecule has 0 saturated carbocycles. The van der Waals surface area contributed by atoms with Gasteiger partial charge < -0.3 is 26.6 Å². The van der Waals surface area contributed by atoms with Crippen LogP contribution in [0.15, 0.2) is 0 Å². The Labute approximate surface area is 145 Å². The summed E-state index contributed by atoms with van der Waals surface area (Å²) >= 11 is 3.99. The second kappa shape index (κ2) is 10.9. The van der Waals surface area contributed by atoms with Gasteiger partial charge in [0.05, 0.1) is 0 Å². The molecular formula is C14H25N3O6S. The molecule has 138 valence electrons. The number of hydrogen-bond acceptors (Lipinski definition) is 6. The number of nitrogens with one attached hydrogen (secondary N) is 2. The fraction of sp³-hybridized carbons (Fsp3) is 0.714. The summed E-state index contributed by atoms with van der Waals surface area (Å²) < 4.78 is 0. The number of aliphatic carboxylic acids is 2. The minimum absolute atomic E-state index is 0.00333. The van der Waals surface area contributed by atoms with Gasteiger partial charge in [-0.3, -0.25) is 14.4 Å². The van der Waals surface area contributed by atoms with Crippen LogP contribution in [0.2, 0.25) is 0 Å². The van der Waals surface area contributed by atoms with Crippen LogP contribution in [0.25, 0.3) is 0 Å². The van der Waals surface area contributed by atoms with E-state index < -0.39 is 41.9 Å². The Bertz CT molecular complexity index is 471. The van der Waals surface area contributed by atoms with Crippen LogP contribution in [0, 0.1) is 5.92 Å². The minimum atomic E-state index is -1.16. The van der Waals surface area contributed by atoms with E-state index in [0.29, 0.717) is 0 Å². The molecule has 0 aliphatic rings. The number of hydrogen-bond donors (Lipinski definition) is 6. The monoisotopic (exact) mass is 363 g/mol. The van der Waals surface area contributed by atoms with Crippen molar-refractivity contribution in [3.63, 3.8) is 0 Å². The van der Waals surface area contributed by atoms with Crippen molar-refractivity contribution in [2.24, 2.45) is 11.7 Å². The highest BCUT2D eigenvalue weighted by atomic mass is 32.1. The van der Waals surface area contributed by atoms with Crippen molar-refractivity contribution in [3.8, 4) is 0 Å². The third-order valence-corrected chi connectivity index (χ3v) is 3.67. The number of carbonyl (C=O) groups excluding carboxylic acids is 2. The highest BCUT2D eigenvalue weighted by Crippen LogP contribution is 2.04. The molecule has 24 heavy (non-hydrogen) atoms. The van der Waals surface area contributed by atoms with E-state index in [1.807, 2.05) is 0 Å². The number of carboxylic acids is 2. The summed E-state index contributed by atoms with van der Waals surface area (Å²) in [5.74, 6) is -3.72. The highest BCUT2D eigenvalue weighted by molar-refractivity contribution is 7.80. The second-order valence-electron chi connectivity index (χ2n) is 5.71. The SMILES string of the molecule is CC(C)[C@@H](NC(=O)C(CS)NC(=O)CCC[C@H](N)C(=O)O)C(=O)O. The Hall–Kier alpha value is -1.81. The average molecular weight is 363 g/mol. The molecular weight excluding hydrogens is 338 g/mol. The molecule has 3 atom stereocenters. The van der Waals surface area contributed by atoms with Crippen LogP contribution in [0.3, 0.4) is 0 Å². The summed E-state index contributed by atoms with van der Waals surface area (Å²) in [6, 6.07) is -3.08. The lowest BCUT2D eigenvalue weighted by Gasteiger charge is -2.22. The van der Waals surface area contributed by atoms with Crippen molar-refractivity contribution in [1.29, 1.82) is 0 Å². The van der Waals surface area contributed by atoms with Crippen LogP contribution in [-0.4, -0.2) is 57.8 Å². The summed E-state index contributed by atoms with van der Waals surface area (Å²) in [4.78, 5) is 45.5. The van der Waals surface area contributed by atoms with E-state index in [9.17, 15) is 19.2 Å². The molecule has 0 heterocycles. The first-order valence-corrected chi connectivity index (χ1v) is 8.15. The van der Waals surface area contributed by atoms with Crippen LogP contribution < -0.4 is 16.4 Å². The zero-order valence-corrected chi connectivity index (χ0v) is 14.6. The van der Waals surface area contributed by atoms with E-state index in [1.54, 1.807) is 13.8 Å². The van der Waals surface area contributed by atoms with Crippen LogP contribution >= 0.6 is 12.6 Å². The molecule has 0 aromatic rings. The van der Waals surface area contributed by atoms with Crippen molar-refractivity contribution in [3.05, 3.63) is 0 Å². The molecule has 0 saturated heterocycles. The second-order valence-corrected chi connectivity index (χ2v) is 6.07. The van der Waals surface area contributed by atoms with E-state index in [4.69, 9.17) is 15.9 Å². The normalized spacial score (nSPS) is 14.5. The first kappa shape index (κ1) is 22.2. The molecule has 0 aromatic carbocycles. The summed E-state index contributed by atoms with van der Waals surface area (Å²) in [7, 11) is 0. The predicted molar refractivity (Wildman–Crippen MR) is 89.7 cm³/mol. The largest absolute Gasteiger partial charge is 0.480 e. The van der Waals surface area contributed by atoms with Gasteiger partial charge in [-0.25, -0.2) is 4.79 Å². The Morgan fingerprint density at radius 2 is 1.67 bits per heavy atom. The van der Waals surface area contributed by atoms with E-state index in [1.165, 1.54) is 0 Å². The van der Waals surface area contributed by atoms with Crippen molar-refractivity contribution in [2.75, 3.05) is 5.75 Å². The van der Waals surface area contributed by atoms with Gasteiger partial charge >= 0.3 is 11.9 Å². The van der Waals surface area contributed by atoms with Crippen LogP contribution in [-0.2, 0) is 19.2 Å². The van der Waals surface area contributed by atoms with Crippen molar-refractivity contribution in [1.82, 2.24) is 10.6 Å². The van der Waals surface area contributed by atoms with Gasteiger partial charge in [0, 0.05) is 12.2 Å². The molecule has 0 rings (SSSR count). The molecule has 0 fully saturated rings. The van der Waals surface area contributed by atoms with Gasteiger partial charge in [-0.05, 0) is 18.8 Å². The van der Waals surface area contributed by atoms with Gasteiger partial charge in [-0.15, -0.1) is 0 Å². The van der Waals surface area contributed by atoms with Gasteiger partial charge in [0.1, 0.15) is 18.1 Å². The van der Waals surface area contributed by atoms with Crippen molar-refractivity contribution >= 4 is 36.4 Å². The quantitative estimate of drug-likeness (QED) is 0.262. The topological polar surface area (TPSA) is 159 Å². The lowest BCUT2D eigenvalue weighted by atomic mass is 10.0. The van der Waals surface area contributed by atoms with Gasteiger partial charge in [0.2, 0.25) is 11.8 Å². The van der Waals surface area contributed by atoms with E-state index in [0.717, 1.165) is 0 Å². The van der Waals surface area contributed by atoms with E-state index in [-0.39, 0.29) is 30.9 Å². The smallest absolute Gasteiger partial charge is 0.326 e. The first-order valence-electron chi connectivity index (χ1n) is 7.51. The zero-order valence-electron chi connectivity index (χ0n) is 13.7. The fourth-order valence-electron chi connectivity index (χ4n) is 1.83. The molecule has 0 radical (unpaired) electrons. The molecule has 0 spiro atoms. The lowest BCUT2D eigenvalue weighted by molar-refractivity contribution is -0.143.